The lowest BCUT2D eigenvalue weighted by Crippen LogP contribution is -2.35. The van der Waals surface area contributed by atoms with E-state index < -0.39 is 18.5 Å². The molecule has 0 aliphatic carbocycles. The number of anilines is 1. The standard InChI is InChI=1S/C26H21N3O4/c27-15-8-16-28(19-9-2-1-3-10-19)24(30)18-33-25(31)17-29-22-13-6-4-11-20(22)26(32)21-12-5-7-14-23(21)29/h1-7,9-14H,8,16-18H2. The number of fused-ring (bicyclic) bond motifs is 2. The van der Waals surface area contributed by atoms with Gasteiger partial charge in [0.15, 0.2) is 12.0 Å². The van der Waals surface area contributed by atoms with E-state index in [2.05, 4.69) is 0 Å². The van der Waals surface area contributed by atoms with Crippen molar-refractivity contribution in [2.45, 2.75) is 13.0 Å². The summed E-state index contributed by atoms with van der Waals surface area (Å²) in [7, 11) is 0. The predicted molar refractivity (Wildman–Crippen MR) is 126 cm³/mol. The van der Waals surface area contributed by atoms with Gasteiger partial charge in [-0.25, -0.2) is 0 Å². The van der Waals surface area contributed by atoms with Crippen molar-refractivity contribution in [2.75, 3.05) is 18.1 Å². The fourth-order valence-corrected chi connectivity index (χ4v) is 3.81. The second kappa shape index (κ2) is 9.79. The minimum absolute atomic E-state index is 0.100. The van der Waals surface area contributed by atoms with Crippen molar-refractivity contribution in [1.82, 2.24) is 4.57 Å². The van der Waals surface area contributed by atoms with Gasteiger partial charge in [0, 0.05) is 23.0 Å². The Morgan fingerprint density at radius 3 is 2.06 bits per heavy atom. The third kappa shape index (κ3) is 4.60. The summed E-state index contributed by atoms with van der Waals surface area (Å²) < 4.78 is 7.03. The third-order valence-electron chi connectivity index (χ3n) is 5.34. The summed E-state index contributed by atoms with van der Waals surface area (Å²) in [5.74, 6) is -1.02. The molecule has 3 aromatic carbocycles. The molecule has 0 radical (unpaired) electrons. The maximum atomic E-state index is 12.8. The molecule has 0 N–H and O–H groups in total. The van der Waals surface area contributed by atoms with Crippen molar-refractivity contribution in [3.8, 4) is 6.07 Å². The molecular weight excluding hydrogens is 418 g/mol. The van der Waals surface area contributed by atoms with Gasteiger partial charge in [-0.1, -0.05) is 42.5 Å². The fraction of sp³-hybridized carbons (Fsp3) is 0.154. The topological polar surface area (TPSA) is 92.4 Å². The summed E-state index contributed by atoms with van der Waals surface area (Å²) in [5.41, 5.74) is 1.76. The highest BCUT2D eigenvalue weighted by Crippen LogP contribution is 2.19. The van der Waals surface area contributed by atoms with Crippen LogP contribution in [-0.2, 0) is 20.9 Å². The van der Waals surface area contributed by atoms with Gasteiger partial charge in [-0.3, -0.25) is 14.4 Å². The third-order valence-corrected chi connectivity index (χ3v) is 5.34. The number of nitrogens with zero attached hydrogens (tertiary/aromatic N) is 3. The van der Waals surface area contributed by atoms with E-state index in [1.54, 1.807) is 77.4 Å². The van der Waals surface area contributed by atoms with Crippen molar-refractivity contribution in [1.29, 1.82) is 5.26 Å². The Morgan fingerprint density at radius 2 is 1.45 bits per heavy atom. The quantitative estimate of drug-likeness (QED) is 0.324. The van der Waals surface area contributed by atoms with Crippen LogP contribution >= 0.6 is 0 Å². The molecule has 0 spiro atoms. The number of benzene rings is 3. The number of hydrogen-bond acceptors (Lipinski definition) is 5. The minimum Gasteiger partial charge on any atom is -0.454 e. The molecular formula is C26H21N3O4. The van der Waals surface area contributed by atoms with E-state index in [0.29, 0.717) is 27.5 Å². The lowest BCUT2D eigenvalue weighted by atomic mass is 10.1. The Balaban J connectivity index is 1.55. The predicted octanol–water partition coefficient (Wildman–Crippen LogP) is 3.64. The number of para-hydroxylation sites is 3. The molecule has 0 fully saturated rings. The molecule has 33 heavy (non-hydrogen) atoms. The van der Waals surface area contributed by atoms with Crippen molar-refractivity contribution in [2.24, 2.45) is 0 Å². The Hall–Kier alpha value is -4.44. The van der Waals surface area contributed by atoms with Crippen LogP contribution in [-0.4, -0.2) is 29.6 Å². The van der Waals surface area contributed by atoms with Gasteiger partial charge in [0.05, 0.1) is 23.5 Å². The molecule has 0 aliphatic rings. The highest BCUT2D eigenvalue weighted by atomic mass is 16.5. The van der Waals surface area contributed by atoms with Crippen LogP contribution < -0.4 is 10.3 Å². The largest absolute Gasteiger partial charge is 0.454 e. The van der Waals surface area contributed by atoms with E-state index in [1.807, 2.05) is 12.1 Å². The molecule has 7 heteroatoms. The Bertz CT molecular complexity index is 1360. The summed E-state index contributed by atoms with van der Waals surface area (Å²) >= 11 is 0. The van der Waals surface area contributed by atoms with Gasteiger partial charge in [0.1, 0.15) is 6.54 Å². The number of ether oxygens (including phenoxy) is 1. The number of esters is 1. The average molecular weight is 439 g/mol. The molecule has 0 bridgehead atoms. The zero-order chi connectivity index (χ0) is 23.2. The lowest BCUT2D eigenvalue weighted by molar-refractivity contribution is -0.148. The first-order valence-electron chi connectivity index (χ1n) is 10.5. The number of carbonyl (C=O) groups excluding carboxylic acids is 2. The van der Waals surface area contributed by atoms with Gasteiger partial charge in [-0.2, -0.15) is 5.26 Å². The summed E-state index contributed by atoms with van der Waals surface area (Å²) in [6, 6.07) is 25.1. The van der Waals surface area contributed by atoms with E-state index in [-0.39, 0.29) is 24.9 Å². The first kappa shape index (κ1) is 21.8. The molecule has 164 valence electrons. The lowest BCUT2D eigenvalue weighted by Gasteiger charge is -2.21. The number of pyridine rings is 1. The van der Waals surface area contributed by atoms with Gasteiger partial charge in [0.25, 0.3) is 5.91 Å². The molecule has 4 rings (SSSR count). The molecule has 0 saturated carbocycles. The van der Waals surface area contributed by atoms with Crippen LogP contribution in [0.5, 0.6) is 0 Å². The SMILES string of the molecule is N#CCCN(C(=O)COC(=O)Cn1c2ccccc2c(=O)c2ccccc21)c1ccccc1. The normalized spacial score (nSPS) is 10.6. The first-order chi connectivity index (χ1) is 16.1. The van der Waals surface area contributed by atoms with Crippen LogP contribution in [0.25, 0.3) is 21.8 Å². The van der Waals surface area contributed by atoms with E-state index in [9.17, 15) is 14.4 Å². The summed E-state index contributed by atoms with van der Waals surface area (Å²) in [6.07, 6.45) is 0.157. The average Bonchev–Trinajstić information content (AvgIpc) is 2.86. The van der Waals surface area contributed by atoms with E-state index in [0.717, 1.165) is 0 Å². The smallest absolute Gasteiger partial charge is 0.326 e. The van der Waals surface area contributed by atoms with E-state index in [1.165, 1.54) is 4.90 Å². The van der Waals surface area contributed by atoms with Crippen LogP contribution in [0.15, 0.2) is 83.7 Å². The van der Waals surface area contributed by atoms with Gasteiger partial charge in [-0.05, 0) is 36.4 Å². The highest BCUT2D eigenvalue weighted by molar-refractivity contribution is 5.96. The monoisotopic (exact) mass is 439 g/mol. The van der Waals surface area contributed by atoms with Crippen molar-refractivity contribution < 1.29 is 14.3 Å². The molecule has 0 saturated heterocycles. The van der Waals surface area contributed by atoms with Crippen LogP contribution in [0.4, 0.5) is 5.69 Å². The molecule has 4 aromatic rings. The van der Waals surface area contributed by atoms with E-state index >= 15 is 0 Å². The maximum Gasteiger partial charge on any atom is 0.326 e. The Labute approximate surface area is 190 Å². The van der Waals surface area contributed by atoms with Crippen molar-refractivity contribution in [3.05, 3.63) is 89.1 Å². The molecule has 0 unspecified atom stereocenters. The fourth-order valence-electron chi connectivity index (χ4n) is 3.81. The molecule has 0 aliphatic heterocycles. The summed E-state index contributed by atoms with van der Waals surface area (Å²) in [4.78, 5) is 39.8. The molecule has 1 aromatic heterocycles. The summed E-state index contributed by atoms with van der Waals surface area (Å²) in [6.45, 7) is -0.404. The van der Waals surface area contributed by atoms with Gasteiger partial charge in [0.2, 0.25) is 0 Å². The zero-order valence-corrected chi connectivity index (χ0v) is 17.8. The second-order valence-electron chi connectivity index (χ2n) is 7.40. The van der Waals surface area contributed by atoms with Crippen LogP contribution in [0.3, 0.4) is 0 Å². The molecule has 0 atom stereocenters. The molecule has 1 heterocycles. The number of nitriles is 1. The molecule has 7 nitrogen and oxygen atoms in total. The number of aromatic nitrogens is 1. The second-order valence-corrected chi connectivity index (χ2v) is 7.40. The van der Waals surface area contributed by atoms with Crippen LogP contribution in [0.1, 0.15) is 6.42 Å². The van der Waals surface area contributed by atoms with Gasteiger partial charge >= 0.3 is 5.97 Å². The Kier molecular flexibility index (Phi) is 6.46. The number of amides is 1. The minimum atomic E-state index is -0.601. The van der Waals surface area contributed by atoms with Crippen molar-refractivity contribution >= 4 is 39.4 Å². The van der Waals surface area contributed by atoms with Crippen molar-refractivity contribution in [3.63, 3.8) is 0 Å². The highest BCUT2D eigenvalue weighted by Gasteiger charge is 2.19. The first-order valence-corrected chi connectivity index (χ1v) is 10.5. The van der Waals surface area contributed by atoms with Gasteiger partial charge < -0.3 is 14.2 Å². The zero-order valence-electron chi connectivity index (χ0n) is 17.8. The Morgan fingerprint density at radius 1 is 0.879 bits per heavy atom. The summed E-state index contributed by atoms with van der Waals surface area (Å²) in [5, 5.41) is 9.93. The van der Waals surface area contributed by atoms with Crippen LogP contribution in [0, 0.1) is 11.3 Å². The van der Waals surface area contributed by atoms with Crippen LogP contribution in [0.2, 0.25) is 0 Å². The number of rotatable bonds is 7. The van der Waals surface area contributed by atoms with E-state index in [4.69, 9.17) is 10.00 Å². The number of hydrogen-bond donors (Lipinski definition) is 0. The maximum absolute atomic E-state index is 12.8. The van der Waals surface area contributed by atoms with Gasteiger partial charge in [-0.15, -0.1) is 0 Å². The molecule has 1 amide bonds. The number of carbonyl (C=O) groups is 2.